The van der Waals surface area contributed by atoms with Gasteiger partial charge in [-0.3, -0.25) is 9.59 Å². The lowest BCUT2D eigenvalue weighted by atomic mass is 10.2. The van der Waals surface area contributed by atoms with Gasteiger partial charge >= 0.3 is 0 Å². The van der Waals surface area contributed by atoms with Gasteiger partial charge < -0.3 is 14.8 Å². The minimum Gasteiger partial charge on any atom is -0.355 e. The van der Waals surface area contributed by atoms with E-state index in [1.54, 1.807) is 11.3 Å². The van der Waals surface area contributed by atoms with Gasteiger partial charge in [-0.15, -0.1) is 21.5 Å². The van der Waals surface area contributed by atoms with Crippen LogP contribution in [0, 0.1) is 0 Å². The van der Waals surface area contributed by atoms with E-state index in [1.807, 2.05) is 27.0 Å². The van der Waals surface area contributed by atoms with E-state index >= 15 is 0 Å². The van der Waals surface area contributed by atoms with Gasteiger partial charge in [0.05, 0.1) is 10.6 Å². The van der Waals surface area contributed by atoms with E-state index in [4.69, 9.17) is 0 Å². The van der Waals surface area contributed by atoms with Gasteiger partial charge in [0.2, 0.25) is 11.8 Å². The van der Waals surface area contributed by atoms with Crippen molar-refractivity contribution in [1.82, 2.24) is 25.0 Å². The smallest absolute Gasteiger partial charge is 0.230 e. The number of carbonyl (C=O) groups excluding carboxylic acids is 2. The zero-order valence-corrected chi connectivity index (χ0v) is 17.9. The summed E-state index contributed by atoms with van der Waals surface area (Å²) in [5.74, 6) is 1.39. The molecule has 1 aliphatic rings. The molecule has 0 aromatic carbocycles. The van der Waals surface area contributed by atoms with Crippen LogP contribution >= 0.6 is 23.1 Å². The monoisotopic (exact) mass is 421 g/mol. The molecular formula is C19H27N5O2S2. The molecule has 0 atom stereocenters. The van der Waals surface area contributed by atoms with Crippen LogP contribution in [0.25, 0.3) is 10.7 Å². The Labute approximate surface area is 173 Å². The maximum absolute atomic E-state index is 12.2. The number of nitrogens with zero attached hydrogens (tertiary/aromatic N) is 4. The fourth-order valence-electron chi connectivity index (χ4n) is 3.22. The van der Waals surface area contributed by atoms with Crippen LogP contribution in [0.5, 0.6) is 0 Å². The minimum absolute atomic E-state index is 0.0180. The average Bonchev–Trinajstić information content (AvgIpc) is 3.31. The molecule has 0 spiro atoms. The lowest BCUT2D eigenvalue weighted by molar-refractivity contribution is -0.130. The predicted octanol–water partition coefficient (Wildman–Crippen LogP) is 3.03. The molecule has 0 saturated carbocycles. The van der Waals surface area contributed by atoms with Crippen molar-refractivity contribution < 1.29 is 9.59 Å². The Kier molecular flexibility index (Phi) is 7.90. The molecule has 2 aromatic rings. The van der Waals surface area contributed by atoms with Crippen LogP contribution in [0.2, 0.25) is 0 Å². The van der Waals surface area contributed by atoms with Gasteiger partial charge in [0.15, 0.2) is 11.0 Å². The van der Waals surface area contributed by atoms with Crippen LogP contribution in [0.4, 0.5) is 0 Å². The van der Waals surface area contributed by atoms with Gasteiger partial charge in [-0.1, -0.05) is 24.2 Å². The summed E-state index contributed by atoms with van der Waals surface area (Å²) in [5.41, 5.74) is 0. The number of hydrogen-bond donors (Lipinski definition) is 1. The van der Waals surface area contributed by atoms with E-state index < -0.39 is 0 Å². The molecule has 7 nitrogen and oxygen atoms in total. The van der Waals surface area contributed by atoms with Crippen molar-refractivity contribution in [2.75, 3.05) is 25.4 Å². The third-order valence-corrected chi connectivity index (χ3v) is 6.54. The molecule has 2 aromatic heterocycles. The molecule has 1 saturated heterocycles. The lowest BCUT2D eigenvalue weighted by Gasteiger charge is -2.20. The second kappa shape index (κ2) is 10.6. The maximum Gasteiger partial charge on any atom is 0.230 e. The first-order chi connectivity index (χ1) is 13.7. The van der Waals surface area contributed by atoms with Crippen molar-refractivity contribution >= 4 is 34.9 Å². The molecule has 1 aliphatic heterocycles. The zero-order valence-electron chi connectivity index (χ0n) is 16.2. The predicted molar refractivity (Wildman–Crippen MR) is 112 cm³/mol. The van der Waals surface area contributed by atoms with Crippen molar-refractivity contribution in [2.24, 2.45) is 0 Å². The SMILES string of the molecule is CCn1c(SCC(=O)NCCCN2CCCCCC2=O)nnc1-c1cccs1. The van der Waals surface area contributed by atoms with Gasteiger partial charge in [-0.25, -0.2) is 0 Å². The molecule has 0 bridgehead atoms. The molecule has 9 heteroatoms. The Morgan fingerprint density at radius 2 is 2.21 bits per heavy atom. The first kappa shape index (κ1) is 20.9. The third kappa shape index (κ3) is 5.57. The molecule has 0 radical (unpaired) electrons. The maximum atomic E-state index is 12.2. The van der Waals surface area contributed by atoms with Crippen molar-refractivity contribution in [3.8, 4) is 10.7 Å². The largest absolute Gasteiger partial charge is 0.355 e. The topological polar surface area (TPSA) is 80.1 Å². The second-order valence-corrected chi connectivity index (χ2v) is 8.60. The molecule has 152 valence electrons. The van der Waals surface area contributed by atoms with E-state index in [0.29, 0.717) is 18.7 Å². The van der Waals surface area contributed by atoms with E-state index in [0.717, 1.165) is 61.2 Å². The van der Waals surface area contributed by atoms with E-state index in [2.05, 4.69) is 22.4 Å². The summed E-state index contributed by atoms with van der Waals surface area (Å²) in [6, 6.07) is 4.02. The number of amides is 2. The zero-order chi connectivity index (χ0) is 19.8. The van der Waals surface area contributed by atoms with Crippen LogP contribution in [0.1, 0.15) is 39.0 Å². The normalized spacial score (nSPS) is 14.9. The highest BCUT2D eigenvalue weighted by Gasteiger charge is 2.17. The molecule has 1 fully saturated rings. The molecule has 1 N–H and O–H groups in total. The Morgan fingerprint density at radius 1 is 1.32 bits per heavy atom. The van der Waals surface area contributed by atoms with Crippen molar-refractivity contribution in [2.45, 2.75) is 50.7 Å². The highest BCUT2D eigenvalue weighted by atomic mass is 32.2. The Morgan fingerprint density at radius 3 is 3.00 bits per heavy atom. The number of thioether (sulfide) groups is 1. The van der Waals surface area contributed by atoms with Gasteiger partial charge in [0, 0.05) is 32.6 Å². The van der Waals surface area contributed by atoms with Crippen molar-refractivity contribution in [3.05, 3.63) is 17.5 Å². The minimum atomic E-state index is -0.0180. The number of thiophene rings is 1. The van der Waals surface area contributed by atoms with Crippen LogP contribution < -0.4 is 5.32 Å². The van der Waals surface area contributed by atoms with Gasteiger partial charge in [0.25, 0.3) is 0 Å². The number of aromatic nitrogens is 3. The molecule has 0 unspecified atom stereocenters. The second-order valence-electron chi connectivity index (χ2n) is 6.71. The Hall–Kier alpha value is -1.87. The Balaban J connectivity index is 1.40. The fraction of sp³-hybridized carbons (Fsp3) is 0.579. The quantitative estimate of drug-likeness (QED) is 0.497. The first-order valence-electron chi connectivity index (χ1n) is 9.83. The summed E-state index contributed by atoms with van der Waals surface area (Å²) >= 11 is 3.03. The third-order valence-electron chi connectivity index (χ3n) is 4.71. The number of likely N-dealkylation sites (tertiary alicyclic amines) is 1. The van der Waals surface area contributed by atoms with E-state index in [1.165, 1.54) is 11.8 Å². The van der Waals surface area contributed by atoms with Gasteiger partial charge in [0.1, 0.15) is 0 Å². The number of rotatable bonds is 9. The van der Waals surface area contributed by atoms with Crippen LogP contribution in [-0.4, -0.2) is 56.9 Å². The molecule has 3 rings (SSSR count). The number of carbonyl (C=O) groups is 2. The Bertz CT molecular complexity index is 775. The fourth-order valence-corrected chi connectivity index (χ4v) is 4.77. The van der Waals surface area contributed by atoms with Gasteiger partial charge in [-0.05, 0) is 37.6 Å². The summed E-state index contributed by atoms with van der Waals surface area (Å²) in [6.07, 6.45) is 4.66. The van der Waals surface area contributed by atoms with Crippen LogP contribution in [0.3, 0.4) is 0 Å². The molecule has 2 amide bonds. The highest BCUT2D eigenvalue weighted by molar-refractivity contribution is 7.99. The van der Waals surface area contributed by atoms with E-state index in [-0.39, 0.29) is 11.8 Å². The summed E-state index contributed by atoms with van der Waals surface area (Å²) in [6.45, 7) is 4.97. The standard InChI is InChI=1S/C19H27N5O2S2/c1-2-24-18(15-8-6-13-27-15)21-22-19(24)28-14-16(25)20-10-7-12-23-11-5-3-4-9-17(23)26/h6,8,13H,2-5,7,9-12,14H2,1H3,(H,20,25). The average molecular weight is 422 g/mol. The summed E-state index contributed by atoms with van der Waals surface area (Å²) in [4.78, 5) is 27.1. The van der Waals surface area contributed by atoms with Crippen LogP contribution in [-0.2, 0) is 16.1 Å². The van der Waals surface area contributed by atoms with E-state index in [9.17, 15) is 9.59 Å². The molecule has 28 heavy (non-hydrogen) atoms. The first-order valence-corrected chi connectivity index (χ1v) is 11.7. The van der Waals surface area contributed by atoms with Crippen LogP contribution in [0.15, 0.2) is 22.7 Å². The molecular weight excluding hydrogens is 394 g/mol. The summed E-state index contributed by atoms with van der Waals surface area (Å²) in [5, 5.41) is 14.3. The summed E-state index contributed by atoms with van der Waals surface area (Å²) in [7, 11) is 0. The van der Waals surface area contributed by atoms with Crippen molar-refractivity contribution in [1.29, 1.82) is 0 Å². The number of hydrogen-bond acceptors (Lipinski definition) is 6. The lowest BCUT2D eigenvalue weighted by Crippen LogP contribution is -2.34. The summed E-state index contributed by atoms with van der Waals surface area (Å²) < 4.78 is 2.04. The highest BCUT2D eigenvalue weighted by Crippen LogP contribution is 2.27. The van der Waals surface area contributed by atoms with Gasteiger partial charge in [-0.2, -0.15) is 0 Å². The van der Waals surface area contributed by atoms with Crippen molar-refractivity contribution in [3.63, 3.8) is 0 Å². The molecule has 0 aliphatic carbocycles. The molecule has 3 heterocycles. The number of nitrogens with one attached hydrogen (secondary N) is 1.